The fourth-order valence-electron chi connectivity index (χ4n) is 8.19. The van der Waals surface area contributed by atoms with Gasteiger partial charge in [-0.1, -0.05) is 147 Å². The van der Waals surface area contributed by atoms with E-state index in [1.807, 2.05) is 12.1 Å². The zero-order valence-electron chi connectivity index (χ0n) is 27.9. The fraction of sp³-hybridized carbons (Fsp3) is 0.0638. The van der Waals surface area contributed by atoms with Gasteiger partial charge in [-0.05, 0) is 74.8 Å². The van der Waals surface area contributed by atoms with E-state index < -0.39 is 0 Å². The van der Waals surface area contributed by atoms with Crippen LogP contribution in [0.3, 0.4) is 0 Å². The molecule has 0 fully saturated rings. The molecule has 0 unspecified atom stereocenters. The molecule has 1 aliphatic rings. The van der Waals surface area contributed by atoms with Crippen molar-refractivity contribution >= 4 is 32.7 Å². The Labute approximate surface area is 291 Å². The smallest absolute Gasteiger partial charge is 0.235 e. The Balaban J connectivity index is 1.15. The number of hydrogen-bond donors (Lipinski definition) is 0. The summed E-state index contributed by atoms with van der Waals surface area (Å²) in [4.78, 5) is 10.4. The second-order valence-electron chi connectivity index (χ2n) is 13.8. The Morgan fingerprint density at radius 2 is 1.02 bits per heavy atom. The lowest BCUT2D eigenvalue weighted by Gasteiger charge is -2.22. The average molecular weight is 640 g/mol. The minimum absolute atomic E-state index is 0.0527. The van der Waals surface area contributed by atoms with Crippen LogP contribution in [0.1, 0.15) is 25.0 Å². The van der Waals surface area contributed by atoms with Gasteiger partial charge in [0, 0.05) is 27.1 Å². The highest BCUT2D eigenvalue weighted by atomic mass is 15.2. The van der Waals surface area contributed by atoms with Crippen LogP contribution in [0.5, 0.6) is 0 Å². The quantitative estimate of drug-likeness (QED) is 0.192. The van der Waals surface area contributed by atoms with E-state index in [0.29, 0.717) is 5.95 Å². The number of hydrogen-bond acceptors (Lipinski definition) is 2. The molecule has 0 saturated heterocycles. The van der Waals surface area contributed by atoms with Gasteiger partial charge in [-0.15, -0.1) is 0 Å². The van der Waals surface area contributed by atoms with Gasteiger partial charge in [0.15, 0.2) is 0 Å². The first-order chi connectivity index (χ1) is 24.6. The molecule has 10 rings (SSSR count). The molecule has 0 atom stereocenters. The summed E-state index contributed by atoms with van der Waals surface area (Å²) in [5.41, 5.74) is 15.4. The minimum Gasteiger partial charge on any atom is -0.278 e. The lowest BCUT2D eigenvalue weighted by Crippen LogP contribution is -2.14. The van der Waals surface area contributed by atoms with Gasteiger partial charge < -0.3 is 0 Å². The summed E-state index contributed by atoms with van der Waals surface area (Å²) in [6.45, 7) is 4.69. The van der Waals surface area contributed by atoms with Gasteiger partial charge in [0.25, 0.3) is 0 Å². The highest BCUT2D eigenvalue weighted by molar-refractivity contribution is 6.11. The van der Waals surface area contributed by atoms with Crippen LogP contribution in [0.25, 0.3) is 83.3 Å². The largest absolute Gasteiger partial charge is 0.278 e. The molecule has 50 heavy (non-hydrogen) atoms. The van der Waals surface area contributed by atoms with Crippen LogP contribution in [0.4, 0.5) is 0 Å². The maximum atomic E-state index is 5.26. The lowest BCUT2D eigenvalue weighted by atomic mass is 9.81. The number of para-hydroxylation sites is 2. The summed E-state index contributed by atoms with van der Waals surface area (Å²) in [5.74, 6) is 0.670. The fourth-order valence-corrected chi connectivity index (χ4v) is 8.19. The van der Waals surface area contributed by atoms with Gasteiger partial charge in [-0.2, -0.15) is 0 Å². The van der Waals surface area contributed by atoms with Crippen LogP contribution in [0.2, 0.25) is 0 Å². The van der Waals surface area contributed by atoms with Gasteiger partial charge in [0.1, 0.15) is 0 Å². The number of nitrogens with zero attached hydrogens (tertiary/aromatic N) is 3. The van der Waals surface area contributed by atoms with Gasteiger partial charge in [-0.25, -0.2) is 9.97 Å². The number of aromatic nitrogens is 3. The van der Waals surface area contributed by atoms with E-state index in [9.17, 15) is 0 Å². The molecule has 7 aromatic carbocycles. The maximum Gasteiger partial charge on any atom is 0.235 e. The van der Waals surface area contributed by atoms with Crippen molar-refractivity contribution in [3.05, 3.63) is 175 Å². The first-order valence-electron chi connectivity index (χ1n) is 17.3. The van der Waals surface area contributed by atoms with Gasteiger partial charge in [0.05, 0.1) is 22.2 Å². The standard InChI is InChI=1S/C47H33N3/c1-47(2)40-21-11-8-18-35(40)36-26-24-32(29-41(36)47)34-17-7-6-16-33(34)31-25-27-44-39(28-31)37-19-10-13-23-43(37)50(44)46-48-42-22-12-9-20-38(42)45(49-46)30-14-4-3-5-15-30/h3-29H,1-2H3. The number of rotatable bonds is 4. The van der Waals surface area contributed by atoms with Gasteiger partial charge in [-0.3, -0.25) is 4.57 Å². The zero-order valence-corrected chi connectivity index (χ0v) is 27.9. The monoisotopic (exact) mass is 639 g/mol. The summed E-state index contributed by atoms with van der Waals surface area (Å²) in [7, 11) is 0. The summed E-state index contributed by atoms with van der Waals surface area (Å²) < 4.78 is 2.22. The molecule has 1 aliphatic carbocycles. The highest BCUT2D eigenvalue weighted by Gasteiger charge is 2.35. The average Bonchev–Trinajstić information content (AvgIpc) is 3.62. The SMILES string of the molecule is CC1(C)c2ccccc2-c2ccc(-c3ccccc3-c3ccc4c(c3)c3ccccc3n4-c3nc(-c4ccccc4)c4ccccc4n3)cc21. The maximum absolute atomic E-state index is 5.26. The van der Waals surface area contributed by atoms with Crippen molar-refractivity contribution in [2.75, 3.05) is 0 Å². The van der Waals surface area contributed by atoms with E-state index in [1.165, 1.54) is 55.3 Å². The van der Waals surface area contributed by atoms with E-state index in [0.717, 1.165) is 33.2 Å². The van der Waals surface area contributed by atoms with Gasteiger partial charge >= 0.3 is 0 Å². The minimum atomic E-state index is -0.0527. The van der Waals surface area contributed by atoms with E-state index >= 15 is 0 Å². The summed E-state index contributed by atoms with van der Waals surface area (Å²) in [6.07, 6.45) is 0. The first kappa shape index (κ1) is 28.7. The van der Waals surface area contributed by atoms with E-state index in [1.54, 1.807) is 0 Å². The molecule has 2 aromatic heterocycles. The molecule has 0 bridgehead atoms. The summed E-state index contributed by atoms with van der Waals surface area (Å²) >= 11 is 0. The zero-order chi connectivity index (χ0) is 33.4. The van der Waals surface area contributed by atoms with Crippen molar-refractivity contribution < 1.29 is 0 Å². The van der Waals surface area contributed by atoms with Crippen LogP contribution in [0, 0.1) is 0 Å². The van der Waals surface area contributed by atoms with Crippen molar-refractivity contribution in [1.29, 1.82) is 0 Å². The third-order valence-corrected chi connectivity index (χ3v) is 10.6. The van der Waals surface area contributed by atoms with Crippen LogP contribution >= 0.6 is 0 Å². The second kappa shape index (κ2) is 10.8. The number of fused-ring (bicyclic) bond motifs is 7. The van der Waals surface area contributed by atoms with Gasteiger partial charge in [0.2, 0.25) is 5.95 Å². The number of benzene rings is 7. The third-order valence-electron chi connectivity index (χ3n) is 10.6. The van der Waals surface area contributed by atoms with Crippen molar-refractivity contribution in [3.8, 4) is 50.6 Å². The predicted octanol–water partition coefficient (Wildman–Crippen LogP) is 12.0. The third kappa shape index (κ3) is 4.23. The van der Waals surface area contributed by atoms with E-state index in [4.69, 9.17) is 9.97 Å². The molecule has 0 spiro atoms. The molecule has 0 aliphatic heterocycles. The van der Waals surface area contributed by atoms with Crippen LogP contribution < -0.4 is 0 Å². The molecule has 9 aromatic rings. The second-order valence-corrected chi connectivity index (χ2v) is 13.8. The Bertz CT molecular complexity index is 2790. The molecule has 0 N–H and O–H groups in total. The Morgan fingerprint density at radius 1 is 0.420 bits per heavy atom. The summed E-state index contributed by atoms with van der Waals surface area (Å²) in [5, 5.41) is 3.40. The molecule has 0 radical (unpaired) electrons. The normalized spacial score (nSPS) is 13.2. The molecule has 3 heteroatoms. The lowest BCUT2D eigenvalue weighted by molar-refractivity contribution is 0.660. The highest BCUT2D eigenvalue weighted by Crippen LogP contribution is 2.50. The molecule has 3 nitrogen and oxygen atoms in total. The Morgan fingerprint density at radius 3 is 1.84 bits per heavy atom. The molecule has 236 valence electrons. The van der Waals surface area contributed by atoms with Crippen molar-refractivity contribution in [2.45, 2.75) is 19.3 Å². The Hall–Kier alpha value is -6.32. The molecular weight excluding hydrogens is 607 g/mol. The molecule has 2 heterocycles. The first-order valence-corrected chi connectivity index (χ1v) is 17.3. The van der Waals surface area contributed by atoms with Crippen molar-refractivity contribution in [3.63, 3.8) is 0 Å². The Kier molecular flexibility index (Phi) is 6.22. The molecule has 0 amide bonds. The van der Waals surface area contributed by atoms with Crippen LogP contribution in [-0.2, 0) is 5.41 Å². The summed E-state index contributed by atoms with van der Waals surface area (Å²) in [6, 6.07) is 58.8. The van der Waals surface area contributed by atoms with Crippen molar-refractivity contribution in [1.82, 2.24) is 14.5 Å². The van der Waals surface area contributed by atoms with E-state index in [2.05, 4.69) is 170 Å². The topological polar surface area (TPSA) is 30.7 Å². The molecule has 0 saturated carbocycles. The predicted molar refractivity (Wildman–Crippen MR) is 208 cm³/mol. The van der Waals surface area contributed by atoms with Crippen molar-refractivity contribution in [2.24, 2.45) is 0 Å². The van der Waals surface area contributed by atoms with E-state index in [-0.39, 0.29) is 5.41 Å². The molecular formula is C47H33N3. The van der Waals surface area contributed by atoms with Crippen LogP contribution in [0.15, 0.2) is 164 Å². The van der Waals surface area contributed by atoms with Crippen LogP contribution in [-0.4, -0.2) is 14.5 Å².